The fraction of sp³-hybridized carbons (Fsp3) is 0.636. The highest BCUT2D eigenvalue weighted by molar-refractivity contribution is 5.50. The van der Waals surface area contributed by atoms with E-state index in [1.165, 1.54) is 0 Å². The minimum atomic E-state index is -0.584. The minimum Gasteiger partial charge on any atom is -0.390 e. The number of aromatic nitrogens is 2. The molecule has 1 fully saturated rings. The SMILES string of the molecule is CC1(O)CCCN(c2cc(N)nc(N)n2)CC1. The number of nitrogens with two attached hydrogens (primary N) is 2. The lowest BCUT2D eigenvalue weighted by molar-refractivity contribution is 0.0481. The quantitative estimate of drug-likeness (QED) is 0.653. The first kappa shape index (κ1) is 11.9. The van der Waals surface area contributed by atoms with Gasteiger partial charge < -0.3 is 21.5 Å². The van der Waals surface area contributed by atoms with E-state index < -0.39 is 5.60 Å². The Morgan fingerprint density at radius 1 is 1.29 bits per heavy atom. The van der Waals surface area contributed by atoms with E-state index in [-0.39, 0.29) is 5.95 Å². The molecule has 1 aromatic rings. The number of hydrogen-bond acceptors (Lipinski definition) is 6. The summed E-state index contributed by atoms with van der Waals surface area (Å²) in [5.74, 6) is 1.31. The van der Waals surface area contributed by atoms with Crippen molar-refractivity contribution in [3.63, 3.8) is 0 Å². The fourth-order valence-electron chi connectivity index (χ4n) is 2.13. The Bertz CT molecular complexity index is 387. The van der Waals surface area contributed by atoms with Gasteiger partial charge >= 0.3 is 0 Å². The van der Waals surface area contributed by atoms with Crippen molar-refractivity contribution < 1.29 is 5.11 Å². The number of nitrogen functional groups attached to an aromatic ring is 2. The Kier molecular flexibility index (Phi) is 3.06. The molecule has 1 aromatic heterocycles. The number of rotatable bonds is 1. The maximum absolute atomic E-state index is 10.0. The highest BCUT2D eigenvalue weighted by atomic mass is 16.3. The van der Waals surface area contributed by atoms with Crippen molar-refractivity contribution >= 4 is 17.6 Å². The van der Waals surface area contributed by atoms with Gasteiger partial charge in [0.1, 0.15) is 11.6 Å². The van der Waals surface area contributed by atoms with E-state index in [4.69, 9.17) is 11.5 Å². The van der Waals surface area contributed by atoms with E-state index in [9.17, 15) is 5.11 Å². The molecule has 0 aliphatic carbocycles. The number of nitrogens with zero attached hydrogens (tertiary/aromatic N) is 3. The molecule has 1 atom stereocenters. The van der Waals surface area contributed by atoms with Crippen LogP contribution >= 0.6 is 0 Å². The monoisotopic (exact) mass is 237 g/mol. The average molecular weight is 237 g/mol. The van der Waals surface area contributed by atoms with Crippen LogP contribution in [0.4, 0.5) is 17.6 Å². The van der Waals surface area contributed by atoms with Gasteiger partial charge in [0.15, 0.2) is 0 Å². The molecule has 1 saturated heterocycles. The van der Waals surface area contributed by atoms with Gasteiger partial charge in [-0.05, 0) is 26.2 Å². The first-order chi connectivity index (χ1) is 7.96. The summed E-state index contributed by atoms with van der Waals surface area (Å²) in [4.78, 5) is 10.1. The molecule has 0 amide bonds. The molecule has 0 aromatic carbocycles. The third kappa shape index (κ3) is 2.97. The summed E-state index contributed by atoms with van der Waals surface area (Å²) in [5, 5.41) is 10.0. The molecule has 94 valence electrons. The zero-order chi connectivity index (χ0) is 12.5. The van der Waals surface area contributed by atoms with Gasteiger partial charge in [-0.1, -0.05) is 0 Å². The van der Waals surface area contributed by atoms with Gasteiger partial charge in [0.2, 0.25) is 5.95 Å². The molecular formula is C11H19N5O. The number of aliphatic hydroxyl groups is 1. The predicted molar refractivity (Wildman–Crippen MR) is 67.5 cm³/mol. The maximum Gasteiger partial charge on any atom is 0.223 e. The second-order valence-electron chi connectivity index (χ2n) is 4.85. The van der Waals surface area contributed by atoms with Crippen LogP contribution in [0.2, 0.25) is 0 Å². The lowest BCUT2D eigenvalue weighted by Crippen LogP contribution is -2.29. The molecule has 1 unspecified atom stereocenters. The molecule has 2 rings (SSSR count). The summed E-state index contributed by atoms with van der Waals surface area (Å²) in [6.45, 7) is 3.48. The molecule has 6 heteroatoms. The van der Waals surface area contributed by atoms with E-state index in [1.54, 1.807) is 6.07 Å². The second-order valence-corrected chi connectivity index (χ2v) is 4.85. The summed E-state index contributed by atoms with van der Waals surface area (Å²) in [7, 11) is 0. The van der Waals surface area contributed by atoms with Gasteiger partial charge in [-0.2, -0.15) is 9.97 Å². The molecule has 0 saturated carbocycles. The highest BCUT2D eigenvalue weighted by Gasteiger charge is 2.25. The van der Waals surface area contributed by atoms with Gasteiger partial charge in [-0.15, -0.1) is 0 Å². The maximum atomic E-state index is 10.0. The standard InChI is InChI=1S/C11H19N5O/c1-11(17)3-2-5-16(6-4-11)9-7-8(12)14-10(13)15-9/h7,17H,2-6H2,1H3,(H4,12,13,14,15). The lowest BCUT2D eigenvalue weighted by atomic mass is 9.98. The first-order valence-corrected chi connectivity index (χ1v) is 5.84. The second kappa shape index (κ2) is 4.37. The summed E-state index contributed by atoms with van der Waals surface area (Å²) >= 11 is 0. The molecule has 1 aliphatic rings. The molecule has 0 bridgehead atoms. The first-order valence-electron chi connectivity index (χ1n) is 5.84. The van der Waals surface area contributed by atoms with Crippen LogP contribution in [-0.2, 0) is 0 Å². The molecular weight excluding hydrogens is 218 g/mol. The Hall–Kier alpha value is -1.56. The van der Waals surface area contributed by atoms with Crippen LogP contribution in [0.1, 0.15) is 26.2 Å². The van der Waals surface area contributed by atoms with Crippen LogP contribution in [0, 0.1) is 0 Å². The van der Waals surface area contributed by atoms with Crippen LogP contribution in [-0.4, -0.2) is 33.8 Å². The summed E-state index contributed by atoms with van der Waals surface area (Å²) in [6, 6.07) is 1.72. The summed E-state index contributed by atoms with van der Waals surface area (Å²) in [6.07, 6.45) is 2.45. The van der Waals surface area contributed by atoms with E-state index in [2.05, 4.69) is 14.9 Å². The van der Waals surface area contributed by atoms with Gasteiger partial charge in [0.25, 0.3) is 0 Å². The smallest absolute Gasteiger partial charge is 0.223 e. The zero-order valence-corrected chi connectivity index (χ0v) is 10.1. The summed E-state index contributed by atoms with van der Waals surface area (Å²) in [5.41, 5.74) is 10.6. The van der Waals surface area contributed by atoms with E-state index in [0.717, 1.165) is 38.2 Å². The van der Waals surface area contributed by atoms with Crippen molar-refractivity contribution in [2.75, 3.05) is 29.5 Å². The van der Waals surface area contributed by atoms with Crippen molar-refractivity contribution in [3.05, 3.63) is 6.07 Å². The molecule has 0 spiro atoms. The molecule has 17 heavy (non-hydrogen) atoms. The van der Waals surface area contributed by atoms with Crippen LogP contribution in [0.25, 0.3) is 0 Å². The number of hydrogen-bond donors (Lipinski definition) is 3. The summed E-state index contributed by atoms with van der Waals surface area (Å²) < 4.78 is 0. The molecule has 0 radical (unpaired) electrons. The van der Waals surface area contributed by atoms with Crippen LogP contribution in [0.3, 0.4) is 0 Å². The van der Waals surface area contributed by atoms with Crippen LogP contribution < -0.4 is 16.4 Å². The van der Waals surface area contributed by atoms with Crippen molar-refractivity contribution in [2.45, 2.75) is 31.8 Å². The van der Waals surface area contributed by atoms with Gasteiger partial charge in [0, 0.05) is 19.2 Å². The fourth-order valence-corrected chi connectivity index (χ4v) is 2.13. The normalized spacial score (nSPS) is 25.6. The molecule has 5 N–H and O–H groups in total. The molecule has 6 nitrogen and oxygen atoms in total. The Morgan fingerprint density at radius 2 is 2.06 bits per heavy atom. The Morgan fingerprint density at radius 3 is 2.76 bits per heavy atom. The van der Waals surface area contributed by atoms with Gasteiger partial charge in [0.05, 0.1) is 5.60 Å². The largest absolute Gasteiger partial charge is 0.390 e. The average Bonchev–Trinajstić information content (AvgIpc) is 2.38. The van der Waals surface area contributed by atoms with E-state index >= 15 is 0 Å². The van der Waals surface area contributed by atoms with E-state index in [1.807, 2.05) is 6.92 Å². The lowest BCUT2D eigenvalue weighted by Gasteiger charge is -2.23. The predicted octanol–water partition coefficient (Wildman–Crippen LogP) is 0.382. The minimum absolute atomic E-state index is 0.191. The van der Waals surface area contributed by atoms with E-state index in [0.29, 0.717) is 5.82 Å². The third-order valence-electron chi connectivity index (χ3n) is 3.14. The zero-order valence-electron chi connectivity index (χ0n) is 10.1. The van der Waals surface area contributed by atoms with Crippen molar-refractivity contribution in [1.29, 1.82) is 0 Å². The molecule has 1 aliphatic heterocycles. The highest BCUT2D eigenvalue weighted by Crippen LogP contribution is 2.25. The molecule has 2 heterocycles. The Labute approximate surface area is 101 Å². The van der Waals surface area contributed by atoms with Gasteiger partial charge in [-0.3, -0.25) is 0 Å². The van der Waals surface area contributed by atoms with Crippen molar-refractivity contribution in [2.24, 2.45) is 0 Å². The van der Waals surface area contributed by atoms with Crippen molar-refractivity contribution in [1.82, 2.24) is 9.97 Å². The Balaban J connectivity index is 2.17. The van der Waals surface area contributed by atoms with Crippen LogP contribution in [0.5, 0.6) is 0 Å². The van der Waals surface area contributed by atoms with Gasteiger partial charge in [-0.25, -0.2) is 0 Å². The third-order valence-corrected chi connectivity index (χ3v) is 3.14. The van der Waals surface area contributed by atoms with Crippen LogP contribution in [0.15, 0.2) is 6.07 Å². The van der Waals surface area contributed by atoms with Crippen molar-refractivity contribution in [3.8, 4) is 0 Å². The number of anilines is 3. The topological polar surface area (TPSA) is 101 Å².